The van der Waals surface area contributed by atoms with Gasteiger partial charge in [-0.15, -0.1) is 0 Å². The minimum absolute atomic E-state index is 0.00533. The van der Waals surface area contributed by atoms with Crippen LogP contribution in [0.15, 0.2) is 24.3 Å². The average molecular weight is 267 g/mol. The number of amides is 1. The van der Waals surface area contributed by atoms with Crippen molar-refractivity contribution in [3.05, 3.63) is 35.6 Å². The Morgan fingerprint density at radius 3 is 2.84 bits per heavy atom. The molecule has 2 N–H and O–H groups in total. The van der Waals surface area contributed by atoms with E-state index in [2.05, 4.69) is 5.32 Å². The Morgan fingerprint density at radius 1 is 1.42 bits per heavy atom. The number of nitrogens with one attached hydrogen (secondary N) is 1. The van der Waals surface area contributed by atoms with Gasteiger partial charge in [-0.25, -0.2) is 4.39 Å². The topological polar surface area (TPSA) is 58.6 Å². The first-order valence-corrected chi connectivity index (χ1v) is 6.39. The van der Waals surface area contributed by atoms with Gasteiger partial charge in [0, 0.05) is 7.11 Å². The molecule has 0 aromatic heterocycles. The van der Waals surface area contributed by atoms with Crippen LogP contribution in [0.2, 0.25) is 0 Å². The molecule has 1 aliphatic carbocycles. The maximum absolute atomic E-state index is 13.5. The first kappa shape index (κ1) is 14.0. The number of rotatable bonds is 3. The lowest BCUT2D eigenvalue weighted by Crippen LogP contribution is -2.51. The average Bonchev–Trinajstić information content (AvgIpc) is 2.41. The van der Waals surface area contributed by atoms with Crippen molar-refractivity contribution >= 4 is 5.91 Å². The number of hydrogen-bond acceptors (Lipinski definition) is 3. The number of aliphatic hydroxyl groups is 1. The third kappa shape index (κ3) is 3.11. The zero-order chi connectivity index (χ0) is 13.8. The molecule has 1 amide bonds. The van der Waals surface area contributed by atoms with Crippen LogP contribution in [0.4, 0.5) is 4.39 Å². The van der Waals surface area contributed by atoms with E-state index in [-0.39, 0.29) is 11.7 Å². The van der Waals surface area contributed by atoms with E-state index in [4.69, 9.17) is 4.74 Å². The highest BCUT2D eigenvalue weighted by atomic mass is 19.1. The van der Waals surface area contributed by atoms with Gasteiger partial charge in [0.2, 0.25) is 0 Å². The van der Waals surface area contributed by atoms with Crippen LogP contribution in [0.3, 0.4) is 0 Å². The Hall–Kier alpha value is -1.46. The van der Waals surface area contributed by atoms with Crippen LogP contribution in [0, 0.1) is 5.82 Å². The summed E-state index contributed by atoms with van der Waals surface area (Å²) in [5, 5.41) is 12.7. The van der Waals surface area contributed by atoms with Crippen LogP contribution in [-0.4, -0.2) is 36.4 Å². The summed E-state index contributed by atoms with van der Waals surface area (Å²) in [5.41, 5.74) is -0.00533. The van der Waals surface area contributed by atoms with Crippen LogP contribution in [0.25, 0.3) is 0 Å². The van der Waals surface area contributed by atoms with Gasteiger partial charge < -0.3 is 15.2 Å². The summed E-state index contributed by atoms with van der Waals surface area (Å²) >= 11 is 0. The lowest BCUT2D eigenvalue weighted by Gasteiger charge is -2.34. The van der Waals surface area contributed by atoms with Crippen LogP contribution >= 0.6 is 0 Å². The van der Waals surface area contributed by atoms with Crippen molar-refractivity contribution in [2.45, 2.75) is 37.5 Å². The highest BCUT2D eigenvalue weighted by Crippen LogP contribution is 2.22. The summed E-state index contributed by atoms with van der Waals surface area (Å²) in [7, 11) is 1.54. The van der Waals surface area contributed by atoms with Crippen molar-refractivity contribution in [2.24, 2.45) is 0 Å². The number of methoxy groups -OCH3 is 1. The Bertz CT molecular complexity index is 452. The molecule has 4 nitrogen and oxygen atoms in total. The quantitative estimate of drug-likeness (QED) is 0.872. The van der Waals surface area contributed by atoms with Crippen LogP contribution < -0.4 is 5.32 Å². The van der Waals surface area contributed by atoms with Crippen LogP contribution in [0.5, 0.6) is 0 Å². The third-order valence-corrected chi connectivity index (χ3v) is 3.53. The zero-order valence-corrected chi connectivity index (χ0v) is 10.8. The summed E-state index contributed by atoms with van der Waals surface area (Å²) in [6, 6.07) is 5.40. The largest absolute Gasteiger partial charge is 0.388 e. The maximum Gasteiger partial charge on any atom is 0.254 e. The molecule has 1 saturated carbocycles. The lowest BCUT2D eigenvalue weighted by molar-refractivity contribution is -0.0513. The van der Waals surface area contributed by atoms with Gasteiger partial charge in [0.1, 0.15) is 11.9 Å². The minimum atomic E-state index is -0.755. The summed E-state index contributed by atoms with van der Waals surface area (Å²) in [4.78, 5) is 12.0. The van der Waals surface area contributed by atoms with E-state index in [1.807, 2.05) is 0 Å². The van der Waals surface area contributed by atoms with E-state index < -0.39 is 23.9 Å². The molecule has 5 heteroatoms. The molecule has 1 fully saturated rings. The van der Waals surface area contributed by atoms with Gasteiger partial charge >= 0.3 is 0 Å². The predicted octanol–water partition coefficient (Wildman–Crippen LogP) is 1.48. The van der Waals surface area contributed by atoms with Crippen LogP contribution in [-0.2, 0) is 4.74 Å². The lowest BCUT2D eigenvalue weighted by atomic mass is 9.89. The Morgan fingerprint density at radius 2 is 2.16 bits per heavy atom. The molecule has 19 heavy (non-hydrogen) atoms. The molecule has 0 unspecified atom stereocenters. The normalized spacial score (nSPS) is 27.0. The van der Waals surface area contributed by atoms with Gasteiger partial charge in [-0.1, -0.05) is 12.1 Å². The standard InChI is InChI=1S/C14H18FNO3/c1-19-12-8-4-7-11(13(12)17)16-14(18)9-5-2-3-6-10(9)15/h2-3,5-6,11-13,17H,4,7-8H2,1H3,(H,16,18)/t11-,12-,13-/m1/s1. The molecule has 0 spiro atoms. The predicted molar refractivity (Wildman–Crippen MR) is 68.3 cm³/mol. The molecule has 0 aliphatic heterocycles. The monoisotopic (exact) mass is 267 g/mol. The van der Waals surface area contributed by atoms with Crippen LogP contribution in [0.1, 0.15) is 29.6 Å². The fourth-order valence-electron chi connectivity index (χ4n) is 2.45. The molecule has 0 heterocycles. The molecule has 0 saturated heterocycles. The number of aliphatic hydroxyl groups excluding tert-OH is 1. The van der Waals surface area contributed by atoms with Gasteiger partial charge in [0.25, 0.3) is 5.91 Å². The number of carbonyl (C=O) groups is 1. The molecular weight excluding hydrogens is 249 g/mol. The number of ether oxygens (including phenoxy) is 1. The second kappa shape index (κ2) is 6.12. The highest BCUT2D eigenvalue weighted by Gasteiger charge is 2.33. The van der Waals surface area contributed by atoms with Crippen molar-refractivity contribution in [3.8, 4) is 0 Å². The minimum Gasteiger partial charge on any atom is -0.388 e. The van der Waals surface area contributed by atoms with Crippen molar-refractivity contribution < 1.29 is 19.0 Å². The molecule has 1 aromatic carbocycles. The van der Waals surface area contributed by atoms with Crippen molar-refractivity contribution in [1.82, 2.24) is 5.32 Å². The van der Waals surface area contributed by atoms with E-state index in [1.54, 1.807) is 6.07 Å². The Kier molecular flexibility index (Phi) is 4.50. The molecule has 2 rings (SSSR count). The van der Waals surface area contributed by atoms with E-state index in [1.165, 1.54) is 25.3 Å². The molecule has 0 radical (unpaired) electrons. The van der Waals surface area contributed by atoms with Gasteiger partial charge in [-0.2, -0.15) is 0 Å². The maximum atomic E-state index is 13.5. The first-order chi connectivity index (χ1) is 9.13. The molecular formula is C14H18FNO3. The number of benzene rings is 1. The van der Waals surface area contributed by atoms with E-state index in [9.17, 15) is 14.3 Å². The molecule has 104 valence electrons. The fraction of sp³-hybridized carbons (Fsp3) is 0.500. The number of halogens is 1. The molecule has 3 atom stereocenters. The summed E-state index contributed by atoms with van der Waals surface area (Å²) in [6.07, 6.45) is 1.26. The second-order valence-corrected chi connectivity index (χ2v) is 4.76. The Balaban J connectivity index is 2.04. The van der Waals surface area contributed by atoms with Crippen molar-refractivity contribution in [2.75, 3.05) is 7.11 Å². The fourth-order valence-corrected chi connectivity index (χ4v) is 2.45. The first-order valence-electron chi connectivity index (χ1n) is 6.39. The molecule has 1 aromatic rings. The summed E-state index contributed by atoms with van der Waals surface area (Å²) < 4.78 is 18.7. The highest BCUT2D eigenvalue weighted by molar-refractivity contribution is 5.94. The van der Waals surface area contributed by atoms with E-state index in [0.29, 0.717) is 6.42 Å². The molecule has 0 bridgehead atoms. The number of hydrogen-bond donors (Lipinski definition) is 2. The van der Waals surface area contributed by atoms with Gasteiger partial charge in [0.05, 0.1) is 17.7 Å². The smallest absolute Gasteiger partial charge is 0.254 e. The van der Waals surface area contributed by atoms with Gasteiger partial charge in [0.15, 0.2) is 0 Å². The summed E-state index contributed by atoms with van der Waals surface area (Å²) in [5.74, 6) is -1.06. The van der Waals surface area contributed by atoms with Gasteiger partial charge in [-0.3, -0.25) is 4.79 Å². The van der Waals surface area contributed by atoms with Gasteiger partial charge in [-0.05, 0) is 31.4 Å². The van der Waals surface area contributed by atoms with Crippen molar-refractivity contribution in [3.63, 3.8) is 0 Å². The summed E-state index contributed by atoms with van der Waals surface area (Å²) in [6.45, 7) is 0. The Labute approximate surface area is 111 Å². The molecule has 1 aliphatic rings. The second-order valence-electron chi connectivity index (χ2n) is 4.76. The number of carbonyl (C=O) groups excluding carboxylic acids is 1. The van der Waals surface area contributed by atoms with E-state index >= 15 is 0 Å². The SMILES string of the molecule is CO[C@@H]1CCC[C@@H](NC(=O)c2ccccc2F)[C@H]1O. The third-order valence-electron chi connectivity index (χ3n) is 3.53. The zero-order valence-electron chi connectivity index (χ0n) is 10.8. The van der Waals surface area contributed by atoms with E-state index in [0.717, 1.165) is 12.8 Å². The van der Waals surface area contributed by atoms with Crippen molar-refractivity contribution in [1.29, 1.82) is 0 Å².